The van der Waals surface area contributed by atoms with Crippen molar-refractivity contribution in [1.29, 1.82) is 0 Å². The molecular weight excluding hydrogens is 797 g/mol. The quantitative estimate of drug-likeness (QED) is 0.150. The molecule has 0 aliphatic carbocycles. The number of esters is 1. The van der Waals surface area contributed by atoms with E-state index in [4.69, 9.17) is 21.1 Å². The Morgan fingerprint density at radius 3 is 2.39 bits per heavy atom. The number of anilines is 1. The minimum atomic E-state index is -4.36. The zero-order valence-electron chi connectivity index (χ0n) is 29.0. The van der Waals surface area contributed by atoms with E-state index in [1.165, 1.54) is 53.8 Å². The summed E-state index contributed by atoms with van der Waals surface area (Å²) in [7, 11) is 2.57. The number of rotatable bonds is 10. The van der Waals surface area contributed by atoms with Crippen molar-refractivity contribution >= 4 is 68.4 Å². The van der Waals surface area contributed by atoms with Crippen LogP contribution in [0.4, 0.5) is 20.8 Å². The van der Waals surface area contributed by atoms with Gasteiger partial charge in [-0.25, -0.2) is 23.6 Å². The molecule has 5 heterocycles. The van der Waals surface area contributed by atoms with Crippen molar-refractivity contribution in [3.05, 3.63) is 49.7 Å². The summed E-state index contributed by atoms with van der Waals surface area (Å²) in [4.78, 5) is 49.7. The molecule has 0 atom stereocenters. The molecule has 0 bridgehead atoms. The van der Waals surface area contributed by atoms with Crippen LogP contribution in [0, 0.1) is 5.82 Å². The molecule has 54 heavy (non-hydrogen) atoms. The van der Waals surface area contributed by atoms with Gasteiger partial charge < -0.3 is 14.2 Å². The van der Waals surface area contributed by atoms with Crippen LogP contribution in [0.15, 0.2) is 44.1 Å². The number of tetrazole rings is 1. The summed E-state index contributed by atoms with van der Waals surface area (Å²) in [5, 5.41) is 17.3. The number of hydrogen-bond acceptors (Lipinski definition) is 17. The minimum absolute atomic E-state index is 0.0299. The molecular formula is C28H31ClFN13O8S3. The van der Waals surface area contributed by atoms with Crippen LogP contribution in [0.1, 0.15) is 12.8 Å². The molecule has 288 valence electrons. The fraction of sp³-hybridized carbons (Fsp3) is 0.357. The SMILES string of the molecule is COC(=O)CSc1cc(/N=c2\sc(=O)n3n2CCCC3)c(F)cc1Cl.COc1cc(OC)nc(NC(=O)NS(=O)(=O)c2c(-c3nnn(C)n3)cnn2C)n1. The number of carbonyl (C=O) groups is 2. The fourth-order valence-corrected chi connectivity index (χ4v) is 7.90. The smallest absolute Gasteiger partial charge is 0.335 e. The summed E-state index contributed by atoms with van der Waals surface area (Å²) >= 11 is 8.17. The summed E-state index contributed by atoms with van der Waals surface area (Å²) in [6.45, 7) is 1.32. The minimum Gasteiger partial charge on any atom is -0.481 e. The molecule has 0 spiro atoms. The molecule has 21 nitrogen and oxygen atoms in total. The van der Waals surface area contributed by atoms with Gasteiger partial charge in [-0.2, -0.15) is 28.3 Å². The second-order valence-corrected chi connectivity index (χ2v) is 14.7. The van der Waals surface area contributed by atoms with Gasteiger partial charge in [-0.05, 0) is 41.5 Å². The largest absolute Gasteiger partial charge is 0.481 e. The van der Waals surface area contributed by atoms with Gasteiger partial charge in [-0.15, -0.1) is 22.0 Å². The summed E-state index contributed by atoms with van der Waals surface area (Å²) < 4.78 is 60.6. The van der Waals surface area contributed by atoms with E-state index in [0.717, 1.165) is 51.5 Å². The molecule has 2 amide bonds. The first-order valence-electron chi connectivity index (χ1n) is 15.3. The van der Waals surface area contributed by atoms with Crippen LogP contribution in [0.5, 0.6) is 11.8 Å². The van der Waals surface area contributed by atoms with Gasteiger partial charge in [0.15, 0.2) is 5.03 Å². The lowest BCUT2D eigenvalue weighted by molar-refractivity contribution is -0.137. The van der Waals surface area contributed by atoms with Gasteiger partial charge >= 0.3 is 16.9 Å². The van der Waals surface area contributed by atoms with Gasteiger partial charge in [0.05, 0.1) is 57.0 Å². The lowest BCUT2D eigenvalue weighted by Gasteiger charge is -2.15. The number of thioether (sulfide) groups is 1. The Balaban J connectivity index is 0.000000210. The summed E-state index contributed by atoms with van der Waals surface area (Å²) in [6.07, 6.45) is 3.14. The van der Waals surface area contributed by atoms with E-state index in [9.17, 15) is 27.2 Å². The van der Waals surface area contributed by atoms with Crippen LogP contribution in [0.2, 0.25) is 5.02 Å². The zero-order chi connectivity index (χ0) is 39.2. The predicted molar refractivity (Wildman–Crippen MR) is 191 cm³/mol. The van der Waals surface area contributed by atoms with Crippen LogP contribution in [-0.2, 0) is 46.7 Å². The Hall–Kier alpha value is -5.40. The highest BCUT2D eigenvalue weighted by molar-refractivity contribution is 8.00. The maximum atomic E-state index is 14.3. The Kier molecular flexibility index (Phi) is 12.7. The maximum Gasteiger partial charge on any atom is 0.335 e. The molecule has 2 N–H and O–H groups in total. The first-order chi connectivity index (χ1) is 25.7. The van der Waals surface area contributed by atoms with E-state index in [-0.39, 0.29) is 55.5 Å². The molecule has 0 fully saturated rings. The topological polar surface area (TPSA) is 247 Å². The number of urea groups is 1. The third kappa shape index (κ3) is 9.39. The molecule has 26 heteroatoms. The van der Waals surface area contributed by atoms with Crippen molar-refractivity contribution in [3.63, 3.8) is 0 Å². The van der Waals surface area contributed by atoms with Gasteiger partial charge in [-0.3, -0.25) is 24.3 Å². The van der Waals surface area contributed by atoms with Crippen molar-refractivity contribution in [2.24, 2.45) is 19.1 Å². The van der Waals surface area contributed by atoms with Crippen LogP contribution in [0.25, 0.3) is 11.4 Å². The number of nitrogens with zero attached hydrogens (tertiary/aromatic N) is 11. The van der Waals surface area contributed by atoms with E-state index in [2.05, 4.69) is 45.5 Å². The molecule has 4 aromatic heterocycles. The van der Waals surface area contributed by atoms with Crippen LogP contribution in [0.3, 0.4) is 0 Å². The second-order valence-electron chi connectivity index (χ2n) is 10.7. The zero-order valence-corrected chi connectivity index (χ0v) is 32.2. The van der Waals surface area contributed by atoms with Gasteiger partial charge in [-0.1, -0.05) is 11.6 Å². The normalized spacial score (nSPS) is 12.7. The first kappa shape index (κ1) is 39.8. The van der Waals surface area contributed by atoms with Crippen molar-refractivity contribution in [2.45, 2.75) is 35.9 Å². The standard InChI is InChI=1S/C15H15ClFN3O3S2.C13H16N10O5S/c1-23-13(21)8-24-12-7-11(10(17)6-9(12)16)18-14-19-4-2-3-5-20(19)15(22)25-14;1-22-11(7(6-14-22)10-18-21-23(2)19-10)29(25,26)20-13(24)17-12-15-8(27-3)5-9(16-12)28-4/h6-7H,2-5,8H2,1H3;5-6H,1-4H3,(H2,15,16,17,20,24)/b18-14-;. The summed E-state index contributed by atoms with van der Waals surface area (Å²) in [6, 6.07) is 2.92. The molecule has 1 aliphatic heterocycles. The number of aromatic nitrogens is 10. The van der Waals surface area contributed by atoms with E-state index in [1.807, 2.05) is 4.72 Å². The number of fused-ring (bicyclic) bond motifs is 1. The first-order valence-corrected chi connectivity index (χ1v) is 19.0. The monoisotopic (exact) mass is 827 g/mol. The van der Waals surface area contributed by atoms with Crippen molar-refractivity contribution in [2.75, 3.05) is 32.4 Å². The average molecular weight is 828 g/mol. The highest BCUT2D eigenvalue weighted by atomic mass is 35.5. The van der Waals surface area contributed by atoms with Crippen LogP contribution in [-0.4, -0.2) is 96.8 Å². The number of sulfonamides is 1. The highest BCUT2D eigenvalue weighted by Crippen LogP contribution is 2.33. The number of halogens is 2. The molecule has 0 radical (unpaired) electrons. The molecule has 0 saturated carbocycles. The number of benzene rings is 1. The summed E-state index contributed by atoms with van der Waals surface area (Å²) in [5.41, 5.74) is 0.152. The molecule has 6 rings (SSSR count). The second kappa shape index (κ2) is 17.2. The number of amides is 2. The number of ether oxygens (including phenoxy) is 3. The Morgan fingerprint density at radius 1 is 1.07 bits per heavy atom. The predicted octanol–water partition coefficient (Wildman–Crippen LogP) is 1.72. The third-order valence-electron chi connectivity index (χ3n) is 7.12. The molecule has 1 aliphatic rings. The van der Waals surface area contributed by atoms with Crippen LogP contribution >= 0.6 is 34.7 Å². The Morgan fingerprint density at radius 2 is 1.76 bits per heavy atom. The van der Waals surface area contributed by atoms with E-state index < -0.39 is 27.8 Å². The van der Waals surface area contributed by atoms with Gasteiger partial charge in [0.2, 0.25) is 28.3 Å². The lowest BCUT2D eigenvalue weighted by atomic mass is 10.3. The van der Waals surface area contributed by atoms with Gasteiger partial charge in [0, 0.05) is 25.0 Å². The number of aryl methyl sites for hydroxylation is 2. The highest BCUT2D eigenvalue weighted by Gasteiger charge is 2.29. The Labute approximate surface area is 318 Å². The number of nitrogens with one attached hydrogen (secondary N) is 2. The number of hydrogen-bond donors (Lipinski definition) is 2. The summed E-state index contributed by atoms with van der Waals surface area (Å²) in [5.74, 6) is -0.903. The van der Waals surface area contributed by atoms with Crippen LogP contribution < -0.4 is 29.2 Å². The number of carbonyl (C=O) groups excluding carboxylic acids is 2. The van der Waals surface area contributed by atoms with Crippen molar-refractivity contribution in [1.82, 2.24) is 54.0 Å². The van der Waals surface area contributed by atoms with Crippen molar-refractivity contribution in [3.8, 4) is 23.1 Å². The van der Waals surface area contributed by atoms with Gasteiger partial charge in [0.25, 0.3) is 10.0 Å². The van der Waals surface area contributed by atoms with E-state index in [0.29, 0.717) is 22.8 Å². The number of methoxy groups -OCH3 is 3. The lowest BCUT2D eigenvalue weighted by Crippen LogP contribution is -2.36. The molecule has 5 aromatic rings. The molecule has 1 aromatic carbocycles. The van der Waals surface area contributed by atoms with E-state index >= 15 is 0 Å². The van der Waals surface area contributed by atoms with Crippen molar-refractivity contribution < 1.29 is 36.6 Å². The van der Waals surface area contributed by atoms with E-state index in [1.54, 1.807) is 9.36 Å². The average Bonchev–Trinajstić information content (AvgIpc) is 3.84. The Bertz CT molecular complexity index is 2400. The molecule has 0 saturated heterocycles. The third-order valence-corrected chi connectivity index (χ3v) is 10.9. The fourth-order valence-electron chi connectivity index (χ4n) is 4.69. The maximum absolute atomic E-state index is 14.3. The van der Waals surface area contributed by atoms with Gasteiger partial charge in [0.1, 0.15) is 11.5 Å². The molecule has 0 unspecified atom stereocenters.